The number of nitrogens with one attached hydrogen (secondary N) is 1. The highest BCUT2D eigenvalue weighted by Crippen LogP contribution is 2.20. The summed E-state index contributed by atoms with van der Waals surface area (Å²) in [6.45, 7) is 4.75. The topological polar surface area (TPSA) is 52.6 Å². The smallest absolute Gasteiger partial charge is 0.337 e. The molecule has 1 saturated heterocycles. The van der Waals surface area contributed by atoms with Gasteiger partial charge in [0.15, 0.2) is 0 Å². The van der Waals surface area contributed by atoms with Gasteiger partial charge in [-0.05, 0) is 45.0 Å². The second-order valence-electron chi connectivity index (χ2n) is 5.29. The number of hydrogen-bond acceptors (Lipinski definition) is 3. The number of carboxylic acids is 1. The Morgan fingerprint density at radius 1 is 1.40 bits per heavy atom. The van der Waals surface area contributed by atoms with E-state index in [-0.39, 0.29) is 17.3 Å². The van der Waals surface area contributed by atoms with E-state index in [2.05, 4.69) is 17.1 Å². The zero-order chi connectivity index (χ0) is 14.5. The molecule has 1 atom stereocenters. The van der Waals surface area contributed by atoms with Crippen molar-refractivity contribution in [1.82, 2.24) is 4.90 Å². The number of carboxylic acid groups (broad SMARTS) is 1. The van der Waals surface area contributed by atoms with Crippen molar-refractivity contribution < 1.29 is 14.3 Å². The first-order chi connectivity index (χ1) is 9.59. The van der Waals surface area contributed by atoms with Gasteiger partial charge in [0.1, 0.15) is 5.82 Å². The quantitative estimate of drug-likeness (QED) is 0.871. The van der Waals surface area contributed by atoms with Crippen LogP contribution in [0.4, 0.5) is 10.1 Å². The first-order valence-corrected chi connectivity index (χ1v) is 7.09. The molecule has 1 fully saturated rings. The molecule has 1 aliphatic rings. The fourth-order valence-electron chi connectivity index (χ4n) is 2.62. The van der Waals surface area contributed by atoms with Crippen LogP contribution < -0.4 is 5.32 Å². The minimum absolute atomic E-state index is 0.0177. The van der Waals surface area contributed by atoms with Crippen LogP contribution in [0.1, 0.15) is 36.5 Å². The summed E-state index contributed by atoms with van der Waals surface area (Å²) in [5.74, 6) is -1.63. The predicted octanol–water partition coefficient (Wildman–Crippen LogP) is 2.81. The van der Waals surface area contributed by atoms with E-state index in [1.165, 1.54) is 37.5 Å². The zero-order valence-corrected chi connectivity index (χ0v) is 11.7. The lowest BCUT2D eigenvalue weighted by atomic mass is 10.1. The van der Waals surface area contributed by atoms with E-state index in [0.717, 1.165) is 13.1 Å². The SMILES string of the molecule is CC(CNc1c(F)cccc1C(=O)O)N1CCCCC1. The standard InChI is InChI=1S/C15H21FN2O2/c1-11(18-8-3-2-4-9-18)10-17-14-12(15(19)20)6-5-7-13(14)16/h5-7,11,17H,2-4,8-10H2,1H3,(H,19,20). The number of aromatic carboxylic acids is 1. The summed E-state index contributed by atoms with van der Waals surface area (Å²) in [5.41, 5.74) is 0.0692. The number of piperidine rings is 1. The van der Waals surface area contributed by atoms with Crippen LogP contribution in [0.5, 0.6) is 0 Å². The minimum Gasteiger partial charge on any atom is -0.478 e. The highest BCUT2D eigenvalue weighted by atomic mass is 19.1. The van der Waals surface area contributed by atoms with Crippen molar-refractivity contribution in [3.63, 3.8) is 0 Å². The van der Waals surface area contributed by atoms with E-state index in [0.29, 0.717) is 6.54 Å². The lowest BCUT2D eigenvalue weighted by Gasteiger charge is -2.32. The minimum atomic E-state index is -1.11. The van der Waals surface area contributed by atoms with Crippen molar-refractivity contribution in [1.29, 1.82) is 0 Å². The van der Waals surface area contributed by atoms with Crippen LogP contribution in [-0.2, 0) is 0 Å². The molecule has 1 heterocycles. The molecular weight excluding hydrogens is 259 g/mol. The van der Waals surface area contributed by atoms with Crippen molar-refractivity contribution in [2.45, 2.75) is 32.2 Å². The van der Waals surface area contributed by atoms with Gasteiger partial charge in [-0.25, -0.2) is 9.18 Å². The van der Waals surface area contributed by atoms with Crippen LogP contribution in [0.15, 0.2) is 18.2 Å². The molecule has 0 aliphatic carbocycles. The molecule has 0 bridgehead atoms. The van der Waals surface area contributed by atoms with Crippen molar-refractivity contribution >= 4 is 11.7 Å². The Morgan fingerprint density at radius 2 is 2.10 bits per heavy atom. The Balaban J connectivity index is 2.01. The second kappa shape index (κ2) is 6.70. The van der Waals surface area contributed by atoms with Crippen LogP contribution in [0.3, 0.4) is 0 Å². The third kappa shape index (κ3) is 3.48. The summed E-state index contributed by atoms with van der Waals surface area (Å²) in [6.07, 6.45) is 3.67. The molecule has 0 amide bonds. The number of carbonyl (C=O) groups is 1. The lowest BCUT2D eigenvalue weighted by Crippen LogP contribution is -2.41. The van der Waals surface area contributed by atoms with Crippen LogP contribution in [0.25, 0.3) is 0 Å². The third-order valence-electron chi connectivity index (χ3n) is 3.83. The van der Waals surface area contributed by atoms with Gasteiger partial charge in [-0.2, -0.15) is 0 Å². The molecule has 4 nitrogen and oxygen atoms in total. The van der Waals surface area contributed by atoms with Crippen LogP contribution in [-0.4, -0.2) is 41.7 Å². The number of halogens is 1. The van der Waals surface area contributed by atoms with Gasteiger partial charge in [0.25, 0.3) is 0 Å². The number of likely N-dealkylation sites (tertiary alicyclic amines) is 1. The monoisotopic (exact) mass is 280 g/mol. The van der Waals surface area contributed by atoms with E-state index in [9.17, 15) is 9.18 Å². The molecule has 0 spiro atoms. The molecule has 1 aromatic rings. The number of rotatable bonds is 5. The Hall–Kier alpha value is -1.62. The molecule has 0 radical (unpaired) electrons. The third-order valence-corrected chi connectivity index (χ3v) is 3.83. The predicted molar refractivity (Wildman–Crippen MR) is 76.7 cm³/mol. The van der Waals surface area contributed by atoms with E-state index in [1.807, 2.05) is 0 Å². The average molecular weight is 280 g/mol. The van der Waals surface area contributed by atoms with Crippen molar-refractivity contribution in [2.75, 3.05) is 25.0 Å². The normalized spacial score (nSPS) is 17.7. The zero-order valence-electron chi connectivity index (χ0n) is 11.7. The van der Waals surface area contributed by atoms with Gasteiger partial charge in [-0.3, -0.25) is 4.90 Å². The van der Waals surface area contributed by atoms with Crippen molar-refractivity contribution in [3.8, 4) is 0 Å². The summed E-state index contributed by atoms with van der Waals surface area (Å²) >= 11 is 0. The summed E-state index contributed by atoms with van der Waals surface area (Å²) in [6, 6.07) is 4.37. The van der Waals surface area contributed by atoms with Gasteiger partial charge in [-0.15, -0.1) is 0 Å². The second-order valence-corrected chi connectivity index (χ2v) is 5.29. The Kier molecular flexibility index (Phi) is 4.95. The van der Waals surface area contributed by atoms with Crippen molar-refractivity contribution in [3.05, 3.63) is 29.6 Å². The van der Waals surface area contributed by atoms with Gasteiger partial charge < -0.3 is 10.4 Å². The summed E-state index contributed by atoms with van der Waals surface area (Å²) in [5, 5.41) is 12.0. The molecule has 1 aliphatic heterocycles. The first-order valence-electron chi connectivity index (χ1n) is 7.09. The van der Waals surface area contributed by atoms with E-state index in [1.54, 1.807) is 0 Å². The number of anilines is 1. The molecule has 1 unspecified atom stereocenters. The lowest BCUT2D eigenvalue weighted by molar-refractivity contribution is 0.0697. The van der Waals surface area contributed by atoms with Crippen LogP contribution >= 0.6 is 0 Å². The molecule has 2 N–H and O–H groups in total. The summed E-state index contributed by atoms with van der Waals surface area (Å²) in [4.78, 5) is 13.5. The van der Waals surface area contributed by atoms with Gasteiger partial charge >= 0.3 is 5.97 Å². The number of para-hydroxylation sites is 1. The van der Waals surface area contributed by atoms with Crippen LogP contribution in [0, 0.1) is 5.82 Å². The summed E-state index contributed by atoms with van der Waals surface area (Å²) < 4.78 is 13.8. The van der Waals surface area contributed by atoms with E-state index >= 15 is 0 Å². The fourth-order valence-corrected chi connectivity index (χ4v) is 2.62. The maximum atomic E-state index is 13.8. The van der Waals surface area contributed by atoms with Gasteiger partial charge in [0, 0.05) is 12.6 Å². The van der Waals surface area contributed by atoms with Gasteiger partial charge in [0.05, 0.1) is 11.3 Å². The number of hydrogen-bond donors (Lipinski definition) is 2. The first kappa shape index (κ1) is 14.8. The molecule has 0 saturated carbocycles. The maximum Gasteiger partial charge on any atom is 0.337 e. The Labute approximate surface area is 118 Å². The maximum absolute atomic E-state index is 13.8. The number of nitrogens with zero attached hydrogens (tertiary/aromatic N) is 1. The molecule has 5 heteroatoms. The van der Waals surface area contributed by atoms with Gasteiger partial charge in [0.2, 0.25) is 0 Å². The highest BCUT2D eigenvalue weighted by molar-refractivity contribution is 5.94. The molecule has 0 aromatic heterocycles. The molecule has 2 rings (SSSR count). The largest absolute Gasteiger partial charge is 0.478 e. The van der Waals surface area contributed by atoms with Crippen LogP contribution in [0.2, 0.25) is 0 Å². The van der Waals surface area contributed by atoms with E-state index < -0.39 is 11.8 Å². The molecule has 20 heavy (non-hydrogen) atoms. The number of benzene rings is 1. The average Bonchev–Trinajstić information content (AvgIpc) is 2.46. The van der Waals surface area contributed by atoms with Gasteiger partial charge in [-0.1, -0.05) is 12.5 Å². The molecule has 110 valence electrons. The Bertz CT molecular complexity index is 473. The molecule has 1 aromatic carbocycles. The fraction of sp³-hybridized carbons (Fsp3) is 0.533. The Morgan fingerprint density at radius 3 is 2.75 bits per heavy atom. The van der Waals surface area contributed by atoms with E-state index in [4.69, 9.17) is 5.11 Å². The molecular formula is C15H21FN2O2. The highest BCUT2D eigenvalue weighted by Gasteiger charge is 2.19. The summed E-state index contributed by atoms with van der Waals surface area (Å²) in [7, 11) is 0. The van der Waals surface area contributed by atoms with Crippen molar-refractivity contribution in [2.24, 2.45) is 0 Å².